The number of aryl methyl sites for hydroxylation is 1. The second-order valence-electron chi connectivity index (χ2n) is 8.91. The summed E-state index contributed by atoms with van der Waals surface area (Å²) in [6.45, 7) is 8.52. The smallest absolute Gasteiger partial charge is 0.00204 e. The molecule has 0 fully saturated rings. The number of benzene rings is 5. The van der Waals surface area contributed by atoms with Crippen LogP contribution < -0.4 is 0 Å². The minimum Gasteiger partial charge on any atom is -0.0984 e. The topological polar surface area (TPSA) is 0 Å². The molecule has 0 atom stereocenters. The van der Waals surface area contributed by atoms with Gasteiger partial charge in [0.05, 0.1) is 0 Å². The summed E-state index contributed by atoms with van der Waals surface area (Å²) in [5.74, 6) is 0. The van der Waals surface area contributed by atoms with E-state index in [2.05, 4.69) is 110 Å². The van der Waals surface area contributed by atoms with Gasteiger partial charge < -0.3 is 0 Å². The van der Waals surface area contributed by atoms with Gasteiger partial charge in [0, 0.05) is 0 Å². The lowest BCUT2D eigenvalue weighted by Gasteiger charge is -2.22. The van der Waals surface area contributed by atoms with Crippen LogP contribution in [0.4, 0.5) is 0 Å². The van der Waals surface area contributed by atoms with Crippen molar-refractivity contribution >= 4 is 39.8 Å². The van der Waals surface area contributed by atoms with E-state index in [-0.39, 0.29) is 0 Å². The second-order valence-corrected chi connectivity index (χ2v) is 8.91. The van der Waals surface area contributed by atoms with E-state index in [1.165, 1.54) is 54.9 Å². The summed E-state index contributed by atoms with van der Waals surface area (Å²) in [7, 11) is 0. The molecule has 0 bridgehead atoms. The molecule has 0 aliphatic heterocycles. The maximum Gasteiger partial charge on any atom is -0.00204 e. The van der Waals surface area contributed by atoms with E-state index in [4.69, 9.17) is 0 Å². The Bertz CT molecular complexity index is 1620. The SMILES string of the molecule is C=Cc1c(C=C)c(-c2cccc3ccccc23)c2ccccc2c1-c1ccc2c(c1)CCC=C2. The Morgan fingerprint density at radius 2 is 1.32 bits per heavy atom. The summed E-state index contributed by atoms with van der Waals surface area (Å²) >= 11 is 0. The fourth-order valence-corrected chi connectivity index (χ4v) is 5.54. The minimum atomic E-state index is 1.09. The number of fused-ring (bicyclic) bond motifs is 3. The molecule has 5 aromatic rings. The molecule has 1 aliphatic rings. The van der Waals surface area contributed by atoms with Gasteiger partial charge in [0.15, 0.2) is 0 Å². The van der Waals surface area contributed by atoms with Gasteiger partial charge in [0.1, 0.15) is 0 Å². The van der Waals surface area contributed by atoms with Crippen LogP contribution in [0.2, 0.25) is 0 Å². The van der Waals surface area contributed by atoms with Gasteiger partial charge in [0.25, 0.3) is 0 Å². The third-order valence-corrected chi connectivity index (χ3v) is 7.07. The molecule has 0 saturated carbocycles. The summed E-state index contributed by atoms with van der Waals surface area (Å²) in [6.07, 6.45) is 10.7. The standard InChI is InChI=1S/C34H26/c1-3-27-28(4-2)34(30-19-11-15-24-13-7-8-16-29(24)30)32-18-10-9-17-31(32)33(27)26-21-20-23-12-5-6-14-25(23)22-26/h3-5,7-13,15-22H,1-2,6,14H2. The summed E-state index contributed by atoms with van der Waals surface area (Å²) < 4.78 is 0. The molecule has 1 aliphatic carbocycles. The van der Waals surface area contributed by atoms with E-state index in [1.807, 2.05) is 12.2 Å². The second kappa shape index (κ2) is 8.32. The van der Waals surface area contributed by atoms with E-state index < -0.39 is 0 Å². The van der Waals surface area contributed by atoms with Gasteiger partial charge in [-0.15, -0.1) is 0 Å². The molecule has 34 heavy (non-hydrogen) atoms. The lowest BCUT2D eigenvalue weighted by molar-refractivity contribution is 0.986. The molecule has 5 aromatic carbocycles. The predicted molar refractivity (Wildman–Crippen MR) is 150 cm³/mol. The lowest BCUT2D eigenvalue weighted by atomic mass is 9.81. The number of allylic oxidation sites excluding steroid dienone is 1. The molecule has 0 unspecified atom stereocenters. The van der Waals surface area contributed by atoms with E-state index >= 15 is 0 Å². The normalized spacial score (nSPS) is 12.6. The Morgan fingerprint density at radius 1 is 0.647 bits per heavy atom. The predicted octanol–water partition coefficient (Wildman–Crippen LogP) is 9.57. The number of hydrogen-bond donors (Lipinski definition) is 0. The molecular formula is C34H26. The molecule has 0 N–H and O–H groups in total. The maximum absolute atomic E-state index is 4.26. The zero-order chi connectivity index (χ0) is 23.1. The van der Waals surface area contributed by atoms with Crippen LogP contribution in [-0.4, -0.2) is 0 Å². The molecular weight excluding hydrogens is 408 g/mol. The first-order valence-electron chi connectivity index (χ1n) is 11.9. The molecule has 0 radical (unpaired) electrons. The van der Waals surface area contributed by atoms with Crippen molar-refractivity contribution in [3.8, 4) is 22.3 Å². The van der Waals surface area contributed by atoms with Gasteiger partial charge in [0.2, 0.25) is 0 Å². The largest absolute Gasteiger partial charge is 0.0984 e. The number of rotatable bonds is 4. The van der Waals surface area contributed by atoms with E-state index in [0.29, 0.717) is 0 Å². The molecule has 0 amide bonds. The van der Waals surface area contributed by atoms with Crippen LogP contribution in [0.1, 0.15) is 28.7 Å². The average molecular weight is 435 g/mol. The highest BCUT2D eigenvalue weighted by atomic mass is 14.2. The quantitative estimate of drug-likeness (QED) is 0.264. The zero-order valence-corrected chi connectivity index (χ0v) is 19.2. The van der Waals surface area contributed by atoms with Crippen molar-refractivity contribution in [2.75, 3.05) is 0 Å². The van der Waals surface area contributed by atoms with Crippen LogP contribution in [0.5, 0.6) is 0 Å². The molecule has 0 nitrogen and oxygen atoms in total. The molecule has 0 saturated heterocycles. The van der Waals surface area contributed by atoms with Crippen LogP contribution in [0.25, 0.3) is 62.0 Å². The Balaban J connectivity index is 1.74. The van der Waals surface area contributed by atoms with Gasteiger partial charge >= 0.3 is 0 Å². The average Bonchev–Trinajstić information content (AvgIpc) is 2.91. The summed E-state index contributed by atoms with van der Waals surface area (Å²) in [6, 6.07) is 30.8. The van der Waals surface area contributed by atoms with Crippen LogP contribution in [0.15, 0.2) is 104 Å². The third kappa shape index (κ3) is 3.15. The summed E-state index contributed by atoms with van der Waals surface area (Å²) in [5.41, 5.74) is 9.96. The third-order valence-electron chi connectivity index (χ3n) is 7.07. The van der Waals surface area contributed by atoms with Gasteiger partial charge in [-0.1, -0.05) is 122 Å². The molecule has 0 aromatic heterocycles. The molecule has 0 heteroatoms. The van der Waals surface area contributed by atoms with Gasteiger partial charge in [-0.05, 0) is 78.9 Å². The van der Waals surface area contributed by atoms with Crippen molar-refractivity contribution in [2.45, 2.75) is 12.8 Å². The summed E-state index contributed by atoms with van der Waals surface area (Å²) in [5, 5.41) is 4.98. The van der Waals surface area contributed by atoms with Crippen molar-refractivity contribution < 1.29 is 0 Å². The lowest BCUT2D eigenvalue weighted by Crippen LogP contribution is -1.98. The number of hydrogen-bond acceptors (Lipinski definition) is 0. The van der Waals surface area contributed by atoms with Crippen molar-refractivity contribution in [1.82, 2.24) is 0 Å². The van der Waals surface area contributed by atoms with Crippen LogP contribution >= 0.6 is 0 Å². The Labute approximate surface area is 201 Å². The monoisotopic (exact) mass is 434 g/mol. The minimum absolute atomic E-state index is 1.09. The molecule has 162 valence electrons. The Morgan fingerprint density at radius 3 is 2.12 bits per heavy atom. The Hall–Kier alpha value is -4.16. The fourth-order valence-electron chi connectivity index (χ4n) is 5.54. The van der Waals surface area contributed by atoms with E-state index in [9.17, 15) is 0 Å². The van der Waals surface area contributed by atoms with Gasteiger partial charge in [-0.2, -0.15) is 0 Å². The van der Waals surface area contributed by atoms with Gasteiger partial charge in [-0.3, -0.25) is 0 Å². The molecule has 0 spiro atoms. The molecule has 0 heterocycles. The molecule has 6 rings (SSSR count). The van der Waals surface area contributed by atoms with Crippen LogP contribution in [-0.2, 0) is 6.42 Å². The maximum atomic E-state index is 4.26. The highest BCUT2D eigenvalue weighted by Gasteiger charge is 2.20. The van der Waals surface area contributed by atoms with Crippen LogP contribution in [0.3, 0.4) is 0 Å². The first-order valence-corrected chi connectivity index (χ1v) is 11.9. The van der Waals surface area contributed by atoms with Crippen molar-refractivity contribution in [3.63, 3.8) is 0 Å². The van der Waals surface area contributed by atoms with Crippen molar-refractivity contribution in [1.29, 1.82) is 0 Å². The zero-order valence-electron chi connectivity index (χ0n) is 19.2. The van der Waals surface area contributed by atoms with Crippen molar-refractivity contribution in [2.24, 2.45) is 0 Å². The fraction of sp³-hybridized carbons (Fsp3) is 0.0588. The Kier molecular flexibility index (Phi) is 5.00. The van der Waals surface area contributed by atoms with Crippen LogP contribution in [0, 0.1) is 0 Å². The highest BCUT2D eigenvalue weighted by Crippen LogP contribution is 2.45. The first-order chi connectivity index (χ1) is 16.8. The van der Waals surface area contributed by atoms with Crippen molar-refractivity contribution in [3.05, 3.63) is 126 Å². The van der Waals surface area contributed by atoms with E-state index in [0.717, 1.165) is 24.0 Å². The first kappa shape index (κ1) is 20.4. The van der Waals surface area contributed by atoms with Gasteiger partial charge in [-0.25, -0.2) is 0 Å². The summed E-state index contributed by atoms with van der Waals surface area (Å²) in [4.78, 5) is 0. The van der Waals surface area contributed by atoms with E-state index in [1.54, 1.807) is 0 Å². The highest BCUT2D eigenvalue weighted by molar-refractivity contribution is 6.15.